The van der Waals surface area contributed by atoms with Gasteiger partial charge in [-0.15, -0.1) is 0 Å². The first-order valence-corrected chi connectivity index (χ1v) is 5.84. The van der Waals surface area contributed by atoms with Gasteiger partial charge in [-0.25, -0.2) is 0 Å². The molecule has 0 aliphatic heterocycles. The van der Waals surface area contributed by atoms with Crippen molar-refractivity contribution in [1.29, 1.82) is 0 Å². The maximum atomic E-state index is 3.58. The average molecular weight is 219 g/mol. The highest BCUT2D eigenvalue weighted by atomic mass is 79.9. The molecule has 1 heteroatoms. The Kier molecular flexibility index (Phi) is 4.51. The Balaban J connectivity index is 1.94. The van der Waals surface area contributed by atoms with Crippen molar-refractivity contribution in [3.8, 4) is 0 Å². The third-order valence-corrected chi connectivity index (χ3v) is 3.15. The van der Waals surface area contributed by atoms with Gasteiger partial charge in [-0.05, 0) is 12.3 Å². The molecule has 1 atom stereocenters. The molecule has 0 nitrogen and oxygen atoms in total. The fourth-order valence-corrected chi connectivity index (χ4v) is 2.31. The third-order valence-electron chi connectivity index (χ3n) is 2.69. The van der Waals surface area contributed by atoms with Crippen molar-refractivity contribution in [3.05, 3.63) is 0 Å². The Bertz CT molecular complexity index is 93.0. The Hall–Kier alpha value is 0.480. The van der Waals surface area contributed by atoms with Crippen LogP contribution < -0.4 is 0 Å². The lowest BCUT2D eigenvalue weighted by molar-refractivity contribution is 0.474. The van der Waals surface area contributed by atoms with Crippen LogP contribution in [-0.4, -0.2) is 4.83 Å². The maximum Gasteiger partial charge on any atom is 0.0117 e. The summed E-state index contributed by atoms with van der Waals surface area (Å²) in [7, 11) is 0. The monoisotopic (exact) mass is 218 g/mol. The molecule has 66 valence electrons. The molecule has 1 rings (SSSR count). The van der Waals surface area contributed by atoms with E-state index in [1.165, 1.54) is 44.9 Å². The van der Waals surface area contributed by atoms with Crippen molar-refractivity contribution in [2.45, 2.75) is 56.7 Å². The van der Waals surface area contributed by atoms with Crippen LogP contribution in [0.5, 0.6) is 0 Å². The number of hydrogen-bond acceptors (Lipinski definition) is 0. The van der Waals surface area contributed by atoms with E-state index in [-0.39, 0.29) is 0 Å². The first kappa shape index (κ1) is 9.57. The molecule has 11 heavy (non-hydrogen) atoms. The van der Waals surface area contributed by atoms with E-state index in [0.717, 1.165) is 10.7 Å². The lowest BCUT2D eigenvalue weighted by atomic mass is 10.0. The van der Waals surface area contributed by atoms with E-state index in [0.29, 0.717) is 0 Å². The minimum atomic E-state index is 0.726. The van der Waals surface area contributed by atoms with Crippen LogP contribution in [0.3, 0.4) is 0 Å². The lowest BCUT2D eigenvalue weighted by Crippen LogP contribution is -1.96. The van der Waals surface area contributed by atoms with Crippen LogP contribution in [0.1, 0.15) is 51.9 Å². The van der Waals surface area contributed by atoms with E-state index in [2.05, 4.69) is 22.9 Å². The van der Waals surface area contributed by atoms with E-state index < -0.39 is 0 Å². The van der Waals surface area contributed by atoms with Crippen molar-refractivity contribution in [2.75, 3.05) is 0 Å². The molecule has 0 spiro atoms. The summed E-state index contributed by atoms with van der Waals surface area (Å²) in [5.41, 5.74) is 0. The summed E-state index contributed by atoms with van der Waals surface area (Å²) in [6.07, 6.45) is 10.3. The van der Waals surface area contributed by atoms with Crippen LogP contribution in [0.4, 0.5) is 0 Å². The summed E-state index contributed by atoms with van der Waals surface area (Å²) in [4.78, 5) is 0.726. The fraction of sp³-hybridized carbons (Fsp3) is 1.00. The largest absolute Gasteiger partial charge is 0.0894 e. The van der Waals surface area contributed by atoms with Gasteiger partial charge in [-0.1, -0.05) is 61.4 Å². The van der Waals surface area contributed by atoms with Crippen molar-refractivity contribution in [3.63, 3.8) is 0 Å². The zero-order valence-electron chi connectivity index (χ0n) is 7.48. The molecule has 0 aromatic heterocycles. The van der Waals surface area contributed by atoms with Gasteiger partial charge in [0.1, 0.15) is 0 Å². The standard InChI is InChI=1S/C10H19Br/c1-9(11)5-4-8-10-6-2-3-7-10/h9-10H,2-8H2,1H3. The second kappa shape index (κ2) is 5.18. The molecule has 1 fully saturated rings. The number of alkyl halides is 1. The second-order valence-corrected chi connectivity index (χ2v) is 5.43. The van der Waals surface area contributed by atoms with E-state index in [1.807, 2.05) is 0 Å². The lowest BCUT2D eigenvalue weighted by Gasteiger charge is -2.08. The Morgan fingerprint density at radius 1 is 1.36 bits per heavy atom. The molecule has 0 aromatic carbocycles. The highest BCUT2D eigenvalue weighted by molar-refractivity contribution is 9.09. The summed E-state index contributed by atoms with van der Waals surface area (Å²) in [6.45, 7) is 2.24. The quantitative estimate of drug-likeness (QED) is 0.623. The van der Waals surface area contributed by atoms with Crippen molar-refractivity contribution < 1.29 is 0 Å². The summed E-state index contributed by atoms with van der Waals surface area (Å²) in [5.74, 6) is 1.08. The molecule has 0 saturated heterocycles. The molecule has 0 bridgehead atoms. The number of hydrogen-bond donors (Lipinski definition) is 0. The predicted molar refractivity (Wildman–Crippen MR) is 54.2 cm³/mol. The first-order chi connectivity index (χ1) is 5.29. The van der Waals surface area contributed by atoms with Gasteiger partial charge in [0.05, 0.1) is 0 Å². The van der Waals surface area contributed by atoms with Crippen LogP contribution in [0.15, 0.2) is 0 Å². The topological polar surface area (TPSA) is 0 Å². The summed E-state index contributed by atoms with van der Waals surface area (Å²) < 4.78 is 0. The van der Waals surface area contributed by atoms with Crippen LogP contribution >= 0.6 is 15.9 Å². The highest BCUT2D eigenvalue weighted by Crippen LogP contribution is 2.29. The van der Waals surface area contributed by atoms with Gasteiger partial charge in [-0.3, -0.25) is 0 Å². The Labute approximate surface area is 78.9 Å². The predicted octanol–water partition coefficient (Wildman–Crippen LogP) is 4.13. The maximum absolute atomic E-state index is 3.58. The number of rotatable bonds is 4. The van der Waals surface area contributed by atoms with Crippen LogP contribution in [0.25, 0.3) is 0 Å². The summed E-state index contributed by atoms with van der Waals surface area (Å²) >= 11 is 3.58. The Morgan fingerprint density at radius 3 is 2.55 bits per heavy atom. The molecule has 1 saturated carbocycles. The highest BCUT2D eigenvalue weighted by Gasteiger charge is 2.14. The summed E-state index contributed by atoms with van der Waals surface area (Å²) in [5, 5.41) is 0. The zero-order valence-corrected chi connectivity index (χ0v) is 9.07. The third kappa shape index (κ3) is 4.15. The van der Waals surface area contributed by atoms with Crippen molar-refractivity contribution >= 4 is 15.9 Å². The van der Waals surface area contributed by atoms with Gasteiger partial charge in [0.2, 0.25) is 0 Å². The minimum Gasteiger partial charge on any atom is -0.0894 e. The molecule has 1 aliphatic carbocycles. The van der Waals surface area contributed by atoms with E-state index in [9.17, 15) is 0 Å². The zero-order chi connectivity index (χ0) is 8.10. The molecular formula is C10H19Br. The second-order valence-electron chi connectivity index (χ2n) is 3.86. The fourth-order valence-electron chi connectivity index (χ4n) is 1.99. The van der Waals surface area contributed by atoms with Gasteiger partial charge in [0.25, 0.3) is 0 Å². The molecule has 0 aromatic rings. The SMILES string of the molecule is CC(Br)CCCC1CCCC1. The van der Waals surface area contributed by atoms with Gasteiger partial charge < -0.3 is 0 Å². The van der Waals surface area contributed by atoms with Crippen LogP contribution in [0, 0.1) is 5.92 Å². The van der Waals surface area contributed by atoms with Crippen molar-refractivity contribution in [2.24, 2.45) is 5.92 Å². The van der Waals surface area contributed by atoms with Crippen LogP contribution in [0.2, 0.25) is 0 Å². The van der Waals surface area contributed by atoms with Gasteiger partial charge in [0, 0.05) is 4.83 Å². The van der Waals surface area contributed by atoms with Crippen LogP contribution in [-0.2, 0) is 0 Å². The summed E-state index contributed by atoms with van der Waals surface area (Å²) in [6, 6.07) is 0. The van der Waals surface area contributed by atoms with E-state index in [1.54, 1.807) is 0 Å². The molecule has 1 aliphatic rings. The Morgan fingerprint density at radius 2 is 2.00 bits per heavy atom. The normalized spacial score (nSPS) is 22.4. The molecule has 0 heterocycles. The molecule has 1 unspecified atom stereocenters. The van der Waals surface area contributed by atoms with E-state index in [4.69, 9.17) is 0 Å². The molecule has 0 radical (unpaired) electrons. The van der Waals surface area contributed by atoms with Crippen molar-refractivity contribution in [1.82, 2.24) is 0 Å². The molecule has 0 N–H and O–H groups in total. The average Bonchev–Trinajstić information content (AvgIpc) is 2.39. The van der Waals surface area contributed by atoms with Gasteiger partial charge in [-0.2, -0.15) is 0 Å². The molecular weight excluding hydrogens is 200 g/mol. The minimum absolute atomic E-state index is 0.726. The van der Waals surface area contributed by atoms with Gasteiger partial charge in [0.15, 0.2) is 0 Å². The van der Waals surface area contributed by atoms with E-state index >= 15 is 0 Å². The van der Waals surface area contributed by atoms with Gasteiger partial charge >= 0.3 is 0 Å². The molecule has 0 amide bonds. The smallest absolute Gasteiger partial charge is 0.0117 e. The number of halogens is 1. The first-order valence-electron chi connectivity index (χ1n) is 4.93.